The molecule has 1 aliphatic rings. The molecule has 0 radical (unpaired) electrons. The number of thioether (sulfide) groups is 1. The third-order valence-corrected chi connectivity index (χ3v) is 4.07. The summed E-state index contributed by atoms with van der Waals surface area (Å²) in [6.07, 6.45) is 3.43. The van der Waals surface area contributed by atoms with Crippen LogP contribution in [0.2, 0.25) is 0 Å². The van der Waals surface area contributed by atoms with Gasteiger partial charge >= 0.3 is 0 Å². The van der Waals surface area contributed by atoms with Crippen LogP contribution in [0.5, 0.6) is 0 Å². The Morgan fingerprint density at radius 1 is 1.62 bits per heavy atom. The quantitative estimate of drug-likeness (QED) is 0.725. The largest absolute Gasteiger partial charge is 0.352 e. The van der Waals surface area contributed by atoms with Gasteiger partial charge in [-0.05, 0) is 44.1 Å². The van der Waals surface area contributed by atoms with Crippen molar-refractivity contribution < 1.29 is 4.79 Å². The maximum Gasteiger partial charge on any atom is 0.240 e. The second-order valence-corrected chi connectivity index (χ2v) is 5.80. The molecule has 0 bridgehead atoms. The van der Waals surface area contributed by atoms with Crippen LogP contribution in [0.1, 0.15) is 39.5 Å². The maximum atomic E-state index is 11.9. The Hall–Kier alpha value is -0.690. The van der Waals surface area contributed by atoms with Crippen LogP contribution in [0.25, 0.3) is 0 Å². The Bertz CT molecular complexity index is 281. The lowest BCUT2D eigenvalue weighted by Gasteiger charge is -2.34. The first-order valence-electron chi connectivity index (χ1n) is 5.94. The van der Waals surface area contributed by atoms with Crippen molar-refractivity contribution in [2.75, 3.05) is 11.5 Å². The van der Waals surface area contributed by atoms with E-state index in [9.17, 15) is 4.79 Å². The van der Waals surface area contributed by atoms with Crippen LogP contribution in [0.3, 0.4) is 0 Å². The highest BCUT2D eigenvalue weighted by Crippen LogP contribution is 2.40. The molecule has 1 saturated carbocycles. The average Bonchev–Trinajstić information content (AvgIpc) is 2.17. The van der Waals surface area contributed by atoms with E-state index in [1.54, 1.807) is 0 Å². The van der Waals surface area contributed by atoms with E-state index in [0.29, 0.717) is 0 Å². The molecule has 4 heteroatoms. The number of nitriles is 1. The fourth-order valence-corrected chi connectivity index (χ4v) is 2.57. The highest BCUT2D eigenvalue weighted by atomic mass is 32.2. The number of carbonyl (C=O) groups is 1. The standard InChI is InChI=1S/C12H20N2OS/c1-3-16-8-5-10(2)14-11(15)12(9-13)6-4-7-12/h10H,3-8H2,1-2H3,(H,14,15). The van der Waals surface area contributed by atoms with Gasteiger partial charge in [-0.15, -0.1) is 0 Å². The van der Waals surface area contributed by atoms with Gasteiger partial charge in [0.25, 0.3) is 0 Å². The number of hydrogen-bond donors (Lipinski definition) is 1. The van der Waals surface area contributed by atoms with Gasteiger partial charge in [-0.1, -0.05) is 6.92 Å². The second-order valence-electron chi connectivity index (χ2n) is 4.41. The van der Waals surface area contributed by atoms with E-state index in [-0.39, 0.29) is 11.9 Å². The van der Waals surface area contributed by atoms with E-state index in [1.807, 2.05) is 18.7 Å². The normalized spacial score (nSPS) is 19.3. The minimum Gasteiger partial charge on any atom is -0.352 e. The van der Waals surface area contributed by atoms with Gasteiger partial charge in [0.2, 0.25) is 5.91 Å². The van der Waals surface area contributed by atoms with Crippen molar-refractivity contribution in [3.8, 4) is 6.07 Å². The monoisotopic (exact) mass is 240 g/mol. The lowest BCUT2D eigenvalue weighted by Crippen LogP contribution is -2.47. The molecule has 3 nitrogen and oxygen atoms in total. The molecule has 0 spiro atoms. The number of nitrogens with zero attached hydrogens (tertiary/aromatic N) is 1. The Kier molecular flexibility index (Phi) is 5.14. The minimum atomic E-state index is -0.702. The van der Waals surface area contributed by atoms with Gasteiger partial charge in [0, 0.05) is 6.04 Å². The van der Waals surface area contributed by atoms with Gasteiger partial charge in [0.1, 0.15) is 5.41 Å². The molecule has 0 heterocycles. The van der Waals surface area contributed by atoms with Crippen molar-refractivity contribution >= 4 is 17.7 Å². The van der Waals surface area contributed by atoms with Crippen LogP contribution in [0, 0.1) is 16.7 Å². The van der Waals surface area contributed by atoms with Crippen molar-refractivity contribution in [2.45, 2.75) is 45.6 Å². The molecular formula is C12H20N2OS. The van der Waals surface area contributed by atoms with E-state index >= 15 is 0 Å². The summed E-state index contributed by atoms with van der Waals surface area (Å²) in [5.41, 5.74) is -0.702. The van der Waals surface area contributed by atoms with Crippen LogP contribution in [-0.2, 0) is 4.79 Å². The number of rotatable bonds is 6. The SMILES string of the molecule is CCSCCC(C)NC(=O)C1(C#N)CCC1. The van der Waals surface area contributed by atoms with Crippen molar-refractivity contribution in [2.24, 2.45) is 5.41 Å². The summed E-state index contributed by atoms with van der Waals surface area (Å²) >= 11 is 1.88. The molecule has 1 atom stereocenters. The van der Waals surface area contributed by atoms with Gasteiger partial charge in [-0.2, -0.15) is 17.0 Å². The van der Waals surface area contributed by atoms with Gasteiger partial charge in [0.05, 0.1) is 6.07 Å². The first kappa shape index (κ1) is 13.4. The van der Waals surface area contributed by atoms with Crippen molar-refractivity contribution in [1.29, 1.82) is 5.26 Å². The minimum absolute atomic E-state index is 0.0600. The summed E-state index contributed by atoms with van der Waals surface area (Å²) < 4.78 is 0. The summed E-state index contributed by atoms with van der Waals surface area (Å²) in [5, 5.41) is 12.0. The fraction of sp³-hybridized carbons (Fsp3) is 0.833. The van der Waals surface area contributed by atoms with E-state index < -0.39 is 5.41 Å². The van der Waals surface area contributed by atoms with Gasteiger partial charge in [-0.3, -0.25) is 4.79 Å². The van der Waals surface area contributed by atoms with Crippen LogP contribution in [0.15, 0.2) is 0 Å². The van der Waals surface area contributed by atoms with Gasteiger partial charge in [0.15, 0.2) is 0 Å². The molecule has 1 aliphatic carbocycles. The zero-order valence-corrected chi connectivity index (χ0v) is 10.9. The molecule has 1 rings (SSSR count). The van der Waals surface area contributed by atoms with Crippen molar-refractivity contribution in [3.63, 3.8) is 0 Å². The zero-order valence-electron chi connectivity index (χ0n) is 10.1. The molecular weight excluding hydrogens is 220 g/mol. The summed E-state index contributed by atoms with van der Waals surface area (Å²) in [5.74, 6) is 2.12. The molecule has 0 aromatic rings. The fourth-order valence-electron chi connectivity index (χ4n) is 1.76. The summed E-state index contributed by atoms with van der Waals surface area (Å²) in [6.45, 7) is 4.14. The predicted molar refractivity (Wildman–Crippen MR) is 67.1 cm³/mol. The highest BCUT2D eigenvalue weighted by Gasteiger charge is 2.44. The first-order chi connectivity index (χ1) is 7.64. The number of nitrogens with one attached hydrogen (secondary N) is 1. The molecule has 0 aliphatic heterocycles. The van der Waals surface area contributed by atoms with Crippen LogP contribution in [0.4, 0.5) is 0 Å². The van der Waals surface area contributed by atoms with Crippen LogP contribution < -0.4 is 5.32 Å². The van der Waals surface area contributed by atoms with Crippen molar-refractivity contribution in [1.82, 2.24) is 5.32 Å². The lowest BCUT2D eigenvalue weighted by atomic mass is 9.69. The highest BCUT2D eigenvalue weighted by molar-refractivity contribution is 7.99. The van der Waals surface area contributed by atoms with Gasteiger partial charge in [-0.25, -0.2) is 0 Å². The van der Waals surface area contributed by atoms with Crippen molar-refractivity contribution in [3.05, 3.63) is 0 Å². The first-order valence-corrected chi connectivity index (χ1v) is 7.10. The van der Waals surface area contributed by atoms with E-state index in [0.717, 1.165) is 37.2 Å². The maximum absolute atomic E-state index is 11.9. The van der Waals surface area contributed by atoms with E-state index in [4.69, 9.17) is 5.26 Å². The number of carbonyl (C=O) groups excluding carboxylic acids is 1. The molecule has 1 N–H and O–H groups in total. The predicted octanol–water partition coefficient (Wildman–Crippen LogP) is 2.33. The molecule has 0 aromatic heterocycles. The number of amides is 1. The summed E-state index contributed by atoms with van der Waals surface area (Å²) in [6, 6.07) is 2.35. The zero-order chi connectivity index (χ0) is 12.0. The smallest absolute Gasteiger partial charge is 0.240 e. The molecule has 0 aromatic carbocycles. The third kappa shape index (κ3) is 3.15. The average molecular weight is 240 g/mol. The summed E-state index contributed by atoms with van der Waals surface area (Å²) in [4.78, 5) is 11.9. The topological polar surface area (TPSA) is 52.9 Å². The van der Waals surface area contributed by atoms with E-state index in [1.165, 1.54) is 0 Å². The molecule has 90 valence electrons. The molecule has 1 amide bonds. The number of hydrogen-bond acceptors (Lipinski definition) is 3. The molecule has 1 fully saturated rings. The van der Waals surface area contributed by atoms with Gasteiger partial charge < -0.3 is 5.32 Å². The second kappa shape index (κ2) is 6.15. The Balaban J connectivity index is 2.31. The molecule has 0 saturated heterocycles. The lowest BCUT2D eigenvalue weighted by molar-refractivity contribution is -0.132. The van der Waals surface area contributed by atoms with E-state index in [2.05, 4.69) is 18.3 Å². The third-order valence-electron chi connectivity index (χ3n) is 3.13. The van der Waals surface area contributed by atoms with Crippen LogP contribution >= 0.6 is 11.8 Å². The Morgan fingerprint density at radius 2 is 2.31 bits per heavy atom. The van der Waals surface area contributed by atoms with Crippen LogP contribution in [-0.4, -0.2) is 23.5 Å². The molecule has 1 unspecified atom stereocenters. The Labute approximate surface area is 102 Å². The Morgan fingerprint density at radius 3 is 2.75 bits per heavy atom. The summed E-state index contributed by atoms with van der Waals surface area (Å²) in [7, 11) is 0. The molecule has 16 heavy (non-hydrogen) atoms.